The number of rotatable bonds is 7. The van der Waals surface area contributed by atoms with E-state index in [0.29, 0.717) is 5.52 Å². The van der Waals surface area contributed by atoms with Crippen LogP contribution in [0.1, 0.15) is 48.8 Å². The van der Waals surface area contributed by atoms with Gasteiger partial charge in [0, 0.05) is 5.39 Å². The molecule has 0 fully saturated rings. The second-order valence-electron chi connectivity index (χ2n) is 6.70. The molecule has 0 radical (unpaired) electrons. The number of carbonyl (C=O) groups is 2. The Kier molecular flexibility index (Phi) is 6.37. The van der Waals surface area contributed by atoms with E-state index in [-0.39, 0.29) is 17.6 Å². The molecule has 0 saturated heterocycles. The van der Waals surface area contributed by atoms with Crippen molar-refractivity contribution >= 4 is 22.8 Å². The maximum absolute atomic E-state index is 12.6. The van der Waals surface area contributed by atoms with Crippen LogP contribution in [0.4, 0.5) is 0 Å². The zero-order valence-electron chi connectivity index (χ0n) is 16.1. The lowest BCUT2D eigenvalue weighted by Gasteiger charge is -2.21. The van der Waals surface area contributed by atoms with E-state index in [2.05, 4.69) is 17.2 Å². The molecule has 3 aromatic rings. The van der Waals surface area contributed by atoms with Gasteiger partial charge in [-0.1, -0.05) is 67.9 Å². The van der Waals surface area contributed by atoms with Gasteiger partial charge in [0.2, 0.25) is 0 Å². The number of nitrogens with one attached hydrogen (secondary N) is 1. The fourth-order valence-electron chi connectivity index (χ4n) is 3.04. The number of fused-ring (bicyclic) bond motifs is 1. The van der Waals surface area contributed by atoms with E-state index in [9.17, 15) is 9.59 Å². The summed E-state index contributed by atoms with van der Waals surface area (Å²) < 4.78 is 5.35. The highest BCUT2D eigenvalue weighted by Gasteiger charge is 2.23. The molecule has 0 saturated carbocycles. The Bertz CT molecular complexity index is 956. The van der Waals surface area contributed by atoms with Crippen molar-refractivity contribution < 1.29 is 14.3 Å². The van der Waals surface area contributed by atoms with Gasteiger partial charge >= 0.3 is 5.97 Å². The van der Waals surface area contributed by atoms with Crippen molar-refractivity contribution in [2.75, 3.05) is 0 Å². The molecule has 0 aliphatic heterocycles. The third-order valence-electron chi connectivity index (χ3n) is 4.56. The average Bonchev–Trinajstić information content (AvgIpc) is 2.73. The van der Waals surface area contributed by atoms with Crippen LogP contribution in [0.25, 0.3) is 10.9 Å². The van der Waals surface area contributed by atoms with Gasteiger partial charge in [0.15, 0.2) is 6.10 Å². The second kappa shape index (κ2) is 9.13. The Hall–Kier alpha value is -3.21. The number of para-hydroxylation sites is 1. The highest BCUT2D eigenvalue weighted by atomic mass is 16.5. The number of amides is 1. The van der Waals surface area contributed by atoms with Crippen molar-refractivity contribution in [2.24, 2.45) is 0 Å². The number of ether oxygens (including phenoxy) is 1. The van der Waals surface area contributed by atoms with Crippen LogP contribution in [0.2, 0.25) is 0 Å². The summed E-state index contributed by atoms with van der Waals surface area (Å²) in [6, 6.07) is 20.6. The van der Waals surface area contributed by atoms with E-state index in [1.807, 2.05) is 60.7 Å². The van der Waals surface area contributed by atoms with E-state index in [4.69, 9.17) is 4.74 Å². The molecule has 2 unspecified atom stereocenters. The van der Waals surface area contributed by atoms with Gasteiger partial charge < -0.3 is 10.1 Å². The van der Waals surface area contributed by atoms with E-state index in [1.165, 1.54) is 0 Å². The first kappa shape index (κ1) is 19.5. The highest BCUT2D eigenvalue weighted by Crippen LogP contribution is 2.19. The standard InChI is InChI=1S/C23H24N2O3/c1-3-9-19(17-10-5-4-6-11-17)25-22(26)16(2)28-23(27)21-15-14-18-12-7-8-13-20(18)24-21/h4-8,10-16,19H,3,9H2,1-2H3,(H,25,26). The molecule has 1 N–H and O–H groups in total. The Balaban J connectivity index is 1.65. The molecule has 5 nitrogen and oxygen atoms in total. The van der Waals surface area contributed by atoms with Gasteiger partial charge in [0.1, 0.15) is 5.69 Å². The average molecular weight is 376 g/mol. The Morgan fingerprint density at radius 3 is 2.46 bits per heavy atom. The molecule has 2 atom stereocenters. The summed E-state index contributed by atoms with van der Waals surface area (Å²) in [5.74, 6) is -0.934. The number of hydrogen-bond donors (Lipinski definition) is 1. The summed E-state index contributed by atoms with van der Waals surface area (Å²) in [5.41, 5.74) is 1.93. The topological polar surface area (TPSA) is 68.3 Å². The molecule has 0 aliphatic rings. The number of benzene rings is 2. The maximum Gasteiger partial charge on any atom is 0.357 e. The predicted molar refractivity (Wildman–Crippen MR) is 109 cm³/mol. The minimum atomic E-state index is -0.913. The van der Waals surface area contributed by atoms with Crippen molar-refractivity contribution in [3.8, 4) is 0 Å². The number of pyridine rings is 1. The quantitative estimate of drug-likeness (QED) is 0.619. The molecule has 1 aromatic heterocycles. The molecule has 28 heavy (non-hydrogen) atoms. The summed E-state index contributed by atoms with van der Waals surface area (Å²) in [5, 5.41) is 3.92. The van der Waals surface area contributed by atoms with Crippen LogP contribution in [-0.4, -0.2) is 23.0 Å². The van der Waals surface area contributed by atoms with E-state index >= 15 is 0 Å². The highest BCUT2D eigenvalue weighted by molar-refractivity contribution is 5.93. The lowest BCUT2D eigenvalue weighted by Crippen LogP contribution is -2.38. The molecule has 1 heterocycles. The largest absolute Gasteiger partial charge is 0.448 e. The Morgan fingerprint density at radius 2 is 1.71 bits per heavy atom. The second-order valence-corrected chi connectivity index (χ2v) is 6.70. The molecule has 5 heteroatoms. The van der Waals surface area contributed by atoms with Crippen molar-refractivity contribution in [1.29, 1.82) is 0 Å². The molecule has 0 aliphatic carbocycles. The first-order chi connectivity index (χ1) is 13.6. The van der Waals surface area contributed by atoms with Gasteiger partial charge in [0.25, 0.3) is 5.91 Å². The monoisotopic (exact) mass is 376 g/mol. The van der Waals surface area contributed by atoms with Crippen LogP contribution in [0.15, 0.2) is 66.7 Å². The van der Waals surface area contributed by atoms with E-state index < -0.39 is 12.1 Å². The van der Waals surface area contributed by atoms with Gasteiger partial charge in [-0.3, -0.25) is 4.79 Å². The number of nitrogens with zero attached hydrogens (tertiary/aromatic N) is 1. The van der Waals surface area contributed by atoms with Gasteiger partial charge in [-0.05, 0) is 31.0 Å². The number of hydrogen-bond acceptors (Lipinski definition) is 4. The minimum Gasteiger partial charge on any atom is -0.448 e. The number of carbonyl (C=O) groups excluding carboxylic acids is 2. The lowest BCUT2D eigenvalue weighted by atomic mass is 10.0. The SMILES string of the molecule is CCCC(NC(=O)C(C)OC(=O)c1ccc2ccccc2n1)c1ccccc1. The molecule has 0 spiro atoms. The van der Waals surface area contributed by atoms with Gasteiger partial charge in [-0.2, -0.15) is 0 Å². The first-order valence-corrected chi connectivity index (χ1v) is 9.50. The van der Waals surface area contributed by atoms with Gasteiger partial charge in [-0.25, -0.2) is 9.78 Å². The summed E-state index contributed by atoms with van der Waals surface area (Å²) in [7, 11) is 0. The summed E-state index contributed by atoms with van der Waals surface area (Å²) in [4.78, 5) is 29.3. The molecule has 2 aromatic carbocycles. The van der Waals surface area contributed by atoms with Crippen molar-refractivity contribution in [1.82, 2.24) is 10.3 Å². The van der Waals surface area contributed by atoms with Crippen LogP contribution >= 0.6 is 0 Å². The van der Waals surface area contributed by atoms with E-state index in [1.54, 1.807) is 13.0 Å². The smallest absolute Gasteiger partial charge is 0.357 e. The normalized spacial score (nSPS) is 12.9. The summed E-state index contributed by atoms with van der Waals surface area (Å²) >= 11 is 0. The first-order valence-electron chi connectivity index (χ1n) is 9.50. The zero-order chi connectivity index (χ0) is 19.9. The Morgan fingerprint density at radius 1 is 1.00 bits per heavy atom. The van der Waals surface area contributed by atoms with Crippen molar-refractivity contribution in [3.05, 3.63) is 78.0 Å². The summed E-state index contributed by atoms with van der Waals surface area (Å²) in [6.45, 7) is 3.64. The van der Waals surface area contributed by atoms with Gasteiger partial charge in [-0.15, -0.1) is 0 Å². The summed E-state index contributed by atoms with van der Waals surface area (Å²) in [6.07, 6.45) is 0.821. The Labute approximate surface area is 164 Å². The van der Waals surface area contributed by atoms with Crippen molar-refractivity contribution in [3.63, 3.8) is 0 Å². The molecule has 3 rings (SSSR count). The third kappa shape index (κ3) is 4.74. The third-order valence-corrected chi connectivity index (χ3v) is 4.56. The number of aromatic nitrogens is 1. The fraction of sp³-hybridized carbons (Fsp3) is 0.261. The molecular weight excluding hydrogens is 352 g/mol. The van der Waals surface area contributed by atoms with E-state index in [0.717, 1.165) is 23.8 Å². The van der Waals surface area contributed by atoms with Crippen LogP contribution in [0.5, 0.6) is 0 Å². The fourth-order valence-corrected chi connectivity index (χ4v) is 3.04. The zero-order valence-corrected chi connectivity index (χ0v) is 16.1. The van der Waals surface area contributed by atoms with Crippen molar-refractivity contribution in [2.45, 2.75) is 38.8 Å². The number of esters is 1. The lowest BCUT2D eigenvalue weighted by molar-refractivity contribution is -0.129. The van der Waals surface area contributed by atoms with Crippen LogP contribution in [0, 0.1) is 0 Å². The van der Waals surface area contributed by atoms with Crippen LogP contribution < -0.4 is 5.32 Å². The molecule has 0 bridgehead atoms. The predicted octanol–water partition coefficient (Wildman–Crippen LogP) is 4.44. The minimum absolute atomic E-state index is 0.112. The van der Waals surface area contributed by atoms with Crippen LogP contribution in [-0.2, 0) is 9.53 Å². The van der Waals surface area contributed by atoms with Crippen LogP contribution in [0.3, 0.4) is 0 Å². The molecular formula is C23H24N2O3. The molecule has 1 amide bonds. The molecule has 144 valence electrons. The van der Waals surface area contributed by atoms with Gasteiger partial charge in [0.05, 0.1) is 11.6 Å². The maximum atomic E-state index is 12.6.